The Hall–Kier alpha value is -0.830. The maximum absolute atomic E-state index is 12.7. The van der Waals surface area contributed by atoms with Crippen molar-refractivity contribution in [1.82, 2.24) is 9.13 Å². The molecule has 0 atom stereocenters. The van der Waals surface area contributed by atoms with Crippen LogP contribution in [0.5, 0.6) is 0 Å². The minimum absolute atomic E-state index is 0. The summed E-state index contributed by atoms with van der Waals surface area (Å²) in [5.74, 6) is -2.34. The lowest BCUT2D eigenvalue weighted by Crippen LogP contribution is -3.00. The number of halogens is 5. The summed E-state index contributed by atoms with van der Waals surface area (Å²) in [6, 6.07) is 0. The van der Waals surface area contributed by atoms with Crippen molar-refractivity contribution in [2.75, 3.05) is 0 Å². The SMILES string of the molecule is CCn1c(F)c(F)[n+](C)c1F.CCn1cc[n+](C)c1.[Br-].[Br-]. The van der Waals surface area contributed by atoms with E-state index in [4.69, 9.17) is 0 Å². The first-order chi connectivity index (χ1) is 8.92. The van der Waals surface area contributed by atoms with Gasteiger partial charge in [0.25, 0.3) is 0 Å². The largest absolute Gasteiger partial charge is 1.00 e. The molecule has 21 heavy (non-hydrogen) atoms. The predicted molar refractivity (Wildman–Crippen MR) is 62.4 cm³/mol. The summed E-state index contributed by atoms with van der Waals surface area (Å²) < 4.78 is 43.2. The summed E-state index contributed by atoms with van der Waals surface area (Å²) in [6.07, 6.45) is 5.23. The van der Waals surface area contributed by atoms with Gasteiger partial charge in [-0.15, -0.1) is 4.39 Å². The Morgan fingerprint density at radius 3 is 1.81 bits per heavy atom. The van der Waals surface area contributed by atoms with Crippen molar-refractivity contribution < 1.29 is 56.3 Å². The van der Waals surface area contributed by atoms with E-state index in [0.717, 1.165) is 13.6 Å². The van der Waals surface area contributed by atoms with Gasteiger partial charge in [-0.2, -0.15) is 17.9 Å². The van der Waals surface area contributed by atoms with Gasteiger partial charge >= 0.3 is 18.0 Å². The molecular weight excluding hydrogens is 417 g/mol. The molecule has 0 N–H and O–H groups in total. The lowest BCUT2D eigenvalue weighted by Gasteiger charge is -1.86. The zero-order valence-electron chi connectivity index (χ0n) is 12.3. The van der Waals surface area contributed by atoms with Gasteiger partial charge in [-0.3, -0.25) is 0 Å². The Morgan fingerprint density at radius 1 is 1.05 bits per heavy atom. The number of nitrogens with zero attached hydrogens (tertiary/aromatic N) is 4. The van der Waals surface area contributed by atoms with Crippen molar-refractivity contribution in [3.05, 3.63) is 36.7 Å². The molecule has 0 aliphatic heterocycles. The van der Waals surface area contributed by atoms with E-state index in [1.807, 2.05) is 17.8 Å². The highest BCUT2D eigenvalue weighted by molar-refractivity contribution is 4.76. The number of imidazole rings is 2. The highest BCUT2D eigenvalue weighted by atomic mass is 79.9. The fourth-order valence-corrected chi connectivity index (χ4v) is 1.55. The summed E-state index contributed by atoms with van der Waals surface area (Å²) in [4.78, 5) is 0. The highest BCUT2D eigenvalue weighted by Gasteiger charge is 2.28. The smallest absolute Gasteiger partial charge is 0.450 e. The molecule has 0 bridgehead atoms. The lowest BCUT2D eigenvalue weighted by molar-refractivity contribution is -0.727. The van der Waals surface area contributed by atoms with Crippen LogP contribution in [0.25, 0.3) is 0 Å². The zero-order chi connectivity index (χ0) is 14.6. The van der Waals surface area contributed by atoms with Gasteiger partial charge in [0, 0.05) is 0 Å². The van der Waals surface area contributed by atoms with Crippen LogP contribution in [0.4, 0.5) is 13.2 Å². The van der Waals surface area contributed by atoms with Gasteiger partial charge < -0.3 is 34.0 Å². The molecule has 0 aliphatic carbocycles. The highest BCUT2D eigenvalue weighted by Crippen LogP contribution is 2.04. The number of aryl methyl sites for hydroxylation is 2. The summed E-state index contributed by atoms with van der Waals surface area (Å²) in [7, 11) is 3.14. The molecule has 0 saturated carbocycles. The van der Waals surface area contributed by atoms with Crippen molar-refractivity contribution >= 4 is 0 Å². The van der Waals surface area contributed by atoms with Gasteiger partial charge in [0.15, 0.2) is 0 Å². The van der Waals surface area contributed by atoms with Crippen LogP contribution in [-0.2, 0) is 27.2 Å². The van der Waals surface area contributed by atoms with Crippen molar-refractivity contribution in [3.63, 3.8) is 0 Å². The van der Waals surface area contributed by atoms with Crippen LogP contribution in [0.2, 0.25) is 0 Å². The second-order valence-corrected chi connectivity index (χ2v) is 4.06. The lowest BCUT2D eigenvalue weighted by atomic mass is 10.7. The average molecular weight is 436 g/mol. The molecule has 0 aromatic carbocycles. The zero-order valence-corrected chi connectivity index (χ0v) is 15.5. The van der Waals surface area contributed by atoms with E-state index in [-0.39, 0.29) is 40.5 Å². The summed E-state index contributed by atoms with van der Waals surface area (Å²) in [5.41, 5.74) is 0. The molecule has 4 nitrogen and oxygen atoms in total. The number of hydrogen-bond donors (Lipinski definition) is 0. The van der Waals surface area contributed by atoms with Crippen LogP contribution >= 0.6 is 0 Å². The Bertz CT molecular complexity index is 529. The standard InChI is InChI=1S/C6H8F3N2.C6H11N2.2BrH/c1-3-11-5(8)4(7)10(2)6(11)9;1-3-8-5-4-7(2)6-8;;/h3H2,1-2H3;4-6H,3H2,1-2H3;2*1H/q2*+1;;/p-2. The normalized spacial score (nSPS) is 9.29. The number of hydrogen-bond acceptors (Lipinski definition) is 0. The van der Waals surface area contributed by atoms with E-state index >= 15 is 0 Å². The van der Waals surface area contributed by atoms with Crippen molar-refractivity contribution in [2.24, 2.45) is 14.1 Å². The molecule has 2 rings (SSSR count). The average Bonchev–Trinajstić information content (AvgIpc) is 2.90. The van der Waals surface area contributed by atoms with Crippen LogP contribution in [-0.4, -0.2) is 9.13 Å². The molecule has 2 aromatic heterocycles. The molecule has 122 valence electrons. The van der Waals surface area contributed by atoms with Crippen LogP contribution in [0.15, 0.2) is 18.7 Å². The molecule has 9 heteroatoms. The van der Waals surface area contributed by atoms with E-state index in [1.165, 1.54) is 6.92 Å². The molecular formula is C12H19Br2F3N4. The van der Waals surface area contributed by atoms with Gasteiger partial charge in [0.05, 0.1) is 27.2 Å². The van der Waals surface area contributed by atoms with Gasteiger partial charge in [-0.05, 0) is 13.8 Å². The fraction of sp³-hybridized carbons (Fsp3) is 0.500. The Balaban J connectivity index is 0. The van der Waals surface area contributed by atoms with E-state index < -0.39 is 18.0 Å². The maximum Gasteiger partial charge on any atom is 0.450 e. The molecule has 0 radical (unpaired) electrons. The first-order valence-corrected chi connectivity index (χ1v) is 6.02. The van der Waals surface area contributed by atoms with Crippen LogP contribution in [0.1, 0.15) is 13.8 Å². The van der Waals surface area contributed by atoms with E-state index in [9.17, 15) is 13.2 Å². The molecule has 2 aromatic rings. The Morgan fingerprint density at radius 2 is 1.62 bits per heavy atom. The third kappa shape index (κ3) is 5.46. The third-order valence-corrected chi connectivity index (χ3v) is 2.71. The van der Waals surface area contributed by atoms with Crippen LogP contribution in [0.3, 0.4) is 0 Å². The van der Waals surface area contributed by atoms with Crippen molar-refractivity contribution in [2.45, 2.75) is 26.9 Å². The molecule has 0 spiro atoms. The van der Waals surface area contributed by atoms with Crippen LogP contribution in [0, 0.1) is 18.0 Å². The molecule has 0 aliphatic rings. The van der Waals surface area contributed by atoms with Crippen molar-refractivity contribution in [3.8, 4) is 0 Å². The Kier molecular flexibility index (Phi) is 10.7. The molecule has 2 heterocycles. The van der Waals surface area contributed by atoms with E-state index in [0.29, 0.717) is 9.13 Å². The van der Waals surface area contributed by atoms with Gasteiger partial charge in [0.2, 0.25) is 6.33 Å². The molecule has 0 unspecified atom stereocenters. The maximum atomic E-state index is 12.7. The minimum atomic E-state index is -1.18. The fourth-order valence-electron chi connectivity index (χ4n) is 1.55. The quantitative estimate of drug-likeness (QED) is 0.421. The molecule has 0 amide bonds. The summed E-state index contributed by atoms with van der Waals surface area (Å²) in [6.45, 7) is 4.79. The molecule has 0 fully saturated rings. The Labute approximate surface area is 143 Å². The van der Waals surface area contributed by atoms with Crippen molar-refractivity contribution in [1.29, 1.82) is 0 Å². The van der Waals surface area contributed by atoms with Gasteiger partial charge in [0.1, 0.15) is 12.4 Å². The number of aromatic nitrogens is 4. The molecule has 0 saturated heterocycles. The first kappa shape index (κ1) is 22.5. The van der Waals surface area contributed by atoms with Gasteiger partial charge in [-0.25, -0.2) is 9.13 Å². The second-order valence-electron chi connectivity index (χ2n) is 4.06. The van der Waals surface area contributed by atoms with Gasteiger partial charge in [-0.1, -0.05) is 0 Å². The minimum Gasteiger partial charge on any atom is -1.00 e. The summed E-state index contributed by atoms with van der Waals surface area (Å²) in [5, 5.41) is 0. The van der Waals surface area contributed by atoms with E-state index in [2.05, 4.69) is 24.0 Å². The summed E-state index contributed by atoms with van der Waals surface area (Å²) >= 11 is 0. The third-order valence-electron chi connectivity index (χ3n) is 2.71. The monoisotopic (exact) mass is 434 g/mol. The van der Waals surface area contributed by atoms with Crippen LogP contribution < -0.4 is 43.1 Å². The topological polar surface area (TPSA) is 17.6 Å². The number of rotatable bonds is 2. The predicted octanol–water partition coefficient (Wildman–Crippen LogP) is -4.91. The first-order valence-electron chi connectivity index (χ1n) is 6.02. The van der Waals surface area contributed by atoms with E-state index in [1.54, 1.807) is 0 Å². The second kappa shape index (κ2) is 9.99.